The molecule has 1 aromatic rings. The SMILES string of the molecule is CCCCCCCCCCNc1ccnc(F)c1. The predicted octanol–water partition coefficient (Wildman–Crippen LogP) is 4.77. The van der Waals surface area contributed by atoms with Gasteiger partial charge in [0.2, 0.25) is 5.95 Å². The van der Waals surface area contributed by atoms with E-state index in [0.717, 1.165) is 18.7 Å². The van der Waals surface area contributed by atoms with Gasteiger partial charge < -0.3 is 5.32 Å². The summed E-state index contributed by atoms with van der Waals surface area (Å²) in [5.74, 6) is -0.420. The zero-order valence-corrected chi connectivity index (χ0v) is 11.4. The van der Waals surface area contributed by atoms with Gasteiger partial charge in [-0.3, -0.25) is 0 Å². The van der Waals surface area contributed by atoms with E-state index in [2.05, 4.69) is 17.2 Å². The van der Waals surface area contributed by atoms with Crippen LogP contribution in [0.15, 0.2) is 18.3 Å². The Morgan fingerprint density at radius 1 is 1.06 bits per heavy atom. The zero-order valence-electron chi connectivity index (χ0n) is 11.4. The molecule has 1 aromatic heterocycles. The van der Waals surface area contributed by atoms with Crippen molar-refractivity contribution in [2.24, 2.45) is 0 Å². The van der Waals surface area contributed by atoms with Gasteiger partial charge in [0, 0.05) is 24.5 Å². The quantitative estimate of drug-likeness (QED) is 0.479. The van der Waals surface area contributed by atoms with Gasteiger partial charge in [0.1, 0.15) is 0 Å². The monoisotopic (exact) mass is 252 g/mol. The van der Waals surface area contributed by atoms with Gasteiger partial charge >= 0.3 is 0 Å². The van der Waals surface area contributed by atoms with Crippen molar-refractivity contribution in [1.29, 1.82) is 0 Å². The number of hydrogen-bond acceptors (Lipinski definition) is 2. The average molecular weight is 252 g/mol. The van der Waals surface area contributed by atoms with Crippen molar-refractivity contribution < 1.29 is 4.39 Å². The minimum atomic E-state index is -0.420. The average Bonchev–Trinajstić information content (AvgIpc) is 2.37. The second-order valence-corrected chi connectivity index (χ2v) is 4.77. The lowest BCUT2D eigenvalue weighted by atomic mass is 10.1. The predicted molar refractivity (Wildman–Crippen MR) is 75.3 cm³/mol. The molecule has 0 atom stereocenters. The third-order valence-electron chi connectivity index (χ3n) is 3.09. The number of aromatic nitrogens is 1. The second-order valence-electron chi connectivity index (χ2n) is 4.77. The fourth-order valence-electron chi connectivity index (χ4n) is 2.00. The van der Waals surface area contributed by atoms with E-state index in [-0.39, 0.29) is 0 Å². The third-order valence-corrected chi connectivity index (χ3v) is 3.09. The normalized spacial score (nSPS) is 10.6. The van der Waals surface area contributed by atoms with Crippen molar-refractivity contribution in [2.45, 2.75) is 58.3 Å². The van der Waals surface area contributed by atoms with Crippen LogP contribution in [0.2, 0.25) is 0 Å². The van der Waals surface area contributed by atoms with E-state index >= 15 is 0 Å². The Kier molecular flexibility index (Phi) is 8.19. The fourth-order valence-corrected chi connectivity index (χ4v) is 2.00. The highest BCUT2D eigenvalue weighted by atomic mass is 19.1. The van der Waals surface area contributed by atoms with Crippen LogP contribution in [0.3, 0.4) is 0 Å². The van der Waals surface area contributed by atoms with Gasteiger partial charge in [-0.1, -0.05) is 51.9 Å². The van der Waals surface area contributed by atoms with Crippen molar-refractivity contribution >= 4 is 5.69 Å². The van der Waals surface area contributed by atoms with Crippen LogP contribution in [0.1, 0.15) is 58.3 Å². The number of nitrogens with zero attached hydrogens (tertiary/aromatic N) is 1. The van der Waals surface area contributed by atoms with Crippen LogP contribution in [0.25, 0.3) is 0 Å². The summed E-state index contributed by atoms with van der Waals surface area (Å²) in [4.78, 5) is 3.53. The standard InChI is InChI=1S/C15H25FN2/c1-2-3-4-5-6-7-8-9-11-17-14-10-12-18-15(16)13-14/h10,12-13H,2-9,11H2,1H3,(H,17,18). The molecule has 0 spiro atoms. The number of halogens is 1. The summed E-state index contributed by atoms with van der Waals surface area (Å²) in [6, 6.07) is 3.23. The van der Waals surface area contributed by atoms with Crippen molar-refractivity contribution in [3.63, 3.8) is 0 Å². The van der Waals surface area contributed by atoms with Crippen LogP contribution in [-0.4, -0.2) is 11.5 Å². The Morgan fingerprint density at radius 2 is 1.72 bits per heavy atom. The molecule has 18 heavy (non-hydrogen) atoms. The molecule has 0 aliphatic heterocycles. The molecule has 0 unspecified atom stereocenters. The Morgan fingerprint density at radius 3 is 2.39 bits per heavy atom. The maximum atomic E-state index is 12.8. The summed E-state index contributed by atoms with van der Waals surface area (Å²) in [5, 5.41) is 3.22. The van der Waals surface area contributed by atoms with E-state index in [4.69, 9.17) is 0 Å². The first-order valence-corrected chi connectivity index (χ1v) is 7.18. The maximum absolute atomic E-state index is 12.8. The van der Waals surface area contributed by atoms with E-state index in [1.807, 2.05) is 0 Å². The highest BCUT2D eigenvalue weighted by Crippen LogP contribution is 2.10. The number of unbranched alkanes of at least 4 members (excludes halogenated alkanes) is 7. The topological polar surface area (TPSA) is 24.9 Å². The van der Waals surface area contributed by atoms with Crippen LogP contribution in [0, 0.1) is 5.95 Å². The van der Waals surface area contributed by atoms with Crippen LogP contribution in [0.5, 0.6) is 0 Å². The van der Waals surface area contributed by atoms with Crippen LogP contribution >= 0.6 is 0 Å². The summed E-state index contributed by atoms with van der Waals surface area (Å²) >= 11 is 0. The van der Waals surface area contributed by atoms with E-state index in [9.17, 15) is 4.39 Å². The summed E-state index contributed by atoms with van der Waals surface area (Å²) in [6.45, 7) is 3.16. The molecule has 0 aliphatic carbocycles. The molecular formula is C15H25FN2. The first-order valence-electron chi connectivity index (χ1n) is 7.18. The third kappa shape index (κ3) is 7.25. The van der Waals surface area contributed by atoms with Crippen molar-refractivity contribution in [3.05, 3.63) is 24.3 Å². The van der Waals surface area contributed by atoms with Gasteiger partial charge in [-0.15, -0.1) is 0 Å². The molecule has 0 aromatic carbocycles. The number of rotatable bonds is 10. The summed E-state index contributed by atoms with van der Waals surface area (Å²) in [7, 11) is 0. The summed E-state index contributed by atoms with van der Waals surface area (Å²) in [6.07, 6.45) is 12.0. The fraction of sp³-hybridized carbons (Fsp3) is 0.667. The zero-order chi connectivity index (χ0) is 13.1. The Balaban J connectivity index is 1.92. The molecule has 1 rings (SSSR count). The molecular weight excluding hydrogens is 227 g/mol. The minimum Gasteiger partial charge on any atom is -0.385 e. The molecule has 2 nitrogen and oxygen atoms in total. The molecule has 0 bridgehead atoms. The maximum Gasteiger partial charge on any atom is 0.214 e. The first-order chi connectivity index (χ1) is 8.83. The van der Waals surface area contributed by atoms with Crippen molar-refractivity contribution in [3.8, 4) is 0 Å². The van der Waals surface area contributed by atoms with Gasteiger partial charge in [0.25, 0.3) is 0 Å². The van der Waals surface area contributed by atoms with E-state index in [1.54, 1.807) is 6.07 Å². The molecule has 102 valence electrons. The van der Waals surface area contributed by atoms with Crippen LogP contribution < -0.4 is 5.32 Å². The number of hydrogen-bond donors (Lipinski definition) is 1. The van der Waals surface area contributed by atoms with E-state index in [1.165, 1.54) is 57.2 Å². The molecule has 0 saturated carbocycles. The van der Waals surface area contributed by atoms with Crippen LogP contribution in [0.4, 0.5) is 10.1 Å². The number of anilines is 1. The van der Waals surface area contributed by atoms with Crippen molar-refractivity contribution in [1.82, 2.24) is 4.98 Å². The van der Waals surface area contributed by atoms with Gasteiger partial charge in [0.15, 0.2) is 0 Å². The highest BCUT2D eigenvalue weighted by molar-refractivity contribution is 5.40. The van der Waals surface area contributed by atoms with Crippen LogP contribution in [-0.2, 0) is 0 Å². The molecule has 0 fully saturated rings. The Labute approximate surface area is 110 Å². The Hall–Kier alpha value is -1.12. The first kappa shape index (κ1) is 14.9. The lowest BCUT2D eigenvalue weighted by Crippen LogP contribution is -2.01. The van der Waals surface area contributed by atoms with Gasteiger partial charge in [-0.2, -0.15) is 4.39 Å². The molecule has 1 N–H and O–H groups in total. The van der Waals surface area contributed by atoms with Gasteiger partial charge in [-0.05, 0) is 12.5 Å². The molecule has 1 heterocycles. The van der Waals surface area contributed by atoms with Gasteiger partial charge in [-0.25, -0.2) is 4.98 Å². The lowest BCUT2D eigenvalue weighted by Gasteiger charge is -2.06. The summed E-state index contributed by atoms with van der Waals surface area (Å²) in [5.41, 5.74) is 0.824. The molecule has 0 radical (unpaired) electrons. The van der Waals surface area contributed by atoms with E-state index in [0.29, 0.717) is 0 Å². The molecule has 0 aliphatic rings. The Bertz CT molecular complexity index is 315. The number of nitrogens with one attached hydrogen (secondary N) is 1. The smallest absolute Gasteiger partial charge is 0.214 e. The molecule has 3 heteroatoms. The molecule has 0 amide bonds. The number of pyridine rings is 1. The second kappa shape index (κ2) is 9.86. The van der Waals surface area contributed by atoms with Gasteiger partial charge in [0.05, 0.1) is 0 Å². The highest BCUT2D eigenvalue weighted by Gasteiger charge is 1.95. The molecule has 0 saturated heterocycles. The lowest BCUT2D eigenvalue weighted by molar-refractivity contribution is 0.579. The van der Waals surface area contributed by atoms with Crippen molar-refractivity contribution in [2.75, 3.05) is 11.9 Å². The summed E-state index contributed by atoms with van der Waals surface area (Å²) < 4.78 is 12.8. The van der Waals surface area contributed by atoms with E-state index < -0.39 is 5.95 Å². The minimum absolute atomic E-state index is 0.420. The largest absolute Gasteiger partial charge is 0.385 e.